The van der Waals surface area contributed by atoms with Crippen molar-refractivity contribution in [3.63, 3.8) is 0 Å². The number of hydrogen-bond donors (Lipinski definition) is 1. The summed E-state index contributed by atoms with van der Waals surface area (Å²) < 4.78 is 5.65. The lowest BCUT2D eigenvalue weighted by Gasteiger charge is -2.08. The quantitative estimate of drug-likeness (QED) is 0.873. The Morgan fingerprint density at radius 3 is 2.45 bits per heavy atom. The molecule has 2 nitrogen and oxygen atoms in total. The predicted octanol–water partition coefficient (Wildman–Crippen LogP) is 3.88. The number of halogens is 2. The maximum absolute atomic E-state index is 6.04. The number of benzene rings is 2. The molecule has 0 saturated heterocycles. The van der Waals surface area contributed by atoms with Crippen LogP contribution in [0.15, 0.2) is 42.5 Å². The molecule has 0 aliphatic heterocycles. The fraction of sp³-hybridized carbons (Fsp3) is 0.125. The van der Waals surface area contributed by atoms with E-state index in [9.17, 15) is 0 Å². The highest BCUT2D eigenvalue weighted by Gasteiger charge is 2.02. The molecule has 2 aromatic rings. The van der Waals surface area contributed by atoms with E-state index in [0.29, 0.717) is 28.9 Å². The summed E-state index contributed by atoms with van der Waals surface area (Å²) in [5.74, 6) is 6.39. The van der Waals surface area contributed by atoms with E-state index < -0.39 is 0 Å². The van der Waals surface area contributed by atoms with Crippen molar-refractivity contribution < 1.29 is 4.74 Å². The van der Waals surface area contributed by atoms with Crippen LogP contribution in [0.3, 0.4) is 0 Å². The van der Waals surface area contributed by atoms with E-state index in [0.717, 1.165) is 11.1 Å². The van der Waals surface area contributed by atoms with E-state index in [1.165, 1.54) is 0 Å². The zero-order valence-electron chi connectivity index (χ0n) is 10.7. The first-order valence-electron chi connectivity index (χ1n) is 6.05. The van der Waals surface area contributed by atoms with Gasteiger partial charge in [-0.25, -0.2) is 0 Å². The van der Waals surface area contributed by atoms with Crippen LogP contribution in [-0.2, 0) is 6.61 Å². The van der Waals surface area contributed by atoms with Crippen molar-refractivity contribution in [2.24, 2.45) is 5.73 Å². The van der Waals surface area contributed by atoms with Crippen molar-refractivity contribution >= 4 is 23.2 Å². The van der Waals surface area contributed by atoms with Crippen molar-refractivity contribution in [2.75, 3.05) is 6.54 Å². The van der Waals surface area contributed by atoms with Gasteiger partial charge in [0.25, 0.3) is 0 Å². The zero-order chi connectivity index (χ0) is 14.4. The highest BCUT2D eigenvalue weighted by molar-refractivity contribution is 6.35. The molecule has 0 heterocycles. The molecule has 20 heavy (non-hydrogen) atoms. The van der Waals surface area contributed by atoms with Gasteiger partial charge in [-0.2, -0.15) is 0 Å². The molecule has 0 atom stereocenters. The van der Waals surface area contributed by atoms with Crippen LogP contribution in [0.2, 0.25) is 10.0 Å². The van der Waals surface area contributed by atoms with Crippen molar-refractivity contribution in [3.05, 3.63) is 63.6 Å². The summed E-state index contributed by atoms with van der Waals surface area (Å²) >= 11 is 11.9. The lowest BCUT2D eigenvalue weighted by atomic mass is 10.1. The second kappa shape index (κ2) is 7.21. The van der Waals surface area contributed by atoms with Crippen LogP contribution in [0.25, 0.3) is 0 Å². The van der Waals surface area contributed by atoms with Crippen LogP contribution in [0, 0.1) is 11.8 Å². The highest BCUT2D eigenvalue weighted by atomic mass is 35.5. The number of nitrogens with two attached hydrogens (primary N) is 1. The molecule has 0 fully saturated rings. The molecule has 0 radical (unpaired) electrons. The largest absolute Gasteiger partial charge is 0.487 e. The number of ether oxygens (including phenoxy) is 1. The molecule has 0 amide bonds. The van der Waals surface area contributed by atoms with Crippen LogP contribution < -0.4 is 10.5 Å². The molecule has 2 N–H and O–H groups in total. The van der Waals surface area contributed by atoms with Gasteiger partial charge < -0.3 is 10.5 Å². The summed E-state index contributed by atoms with van der Waals surface area (Å²) in [5, 5.41) is 1.09. The number of hydrogen-bond acceptors (Lipinski definition) is 2. The van der Waals surface area contributed by atoms with Gasteiger partial charge in [-0.3, -0.25) is 0 Å². The first kappa shape index (κ1) is 14.7. The topological polar surface area (TPSA) is 35.2 Å². The predicted molar refractivity (Wildman–Crippen MR) is 83.2 cm³/mol. The van der Waals surface area contributed by atoms with Gasteiger partial charge in [-0.1, -0.05) is 47.2 Å². The Balaban J connectivity index is 2.00. The van der Waals surface area contributed by atoms with E-state index in [2.05, 4.69) is 11.8 Å². The molecular weight excluding hydrogens is 293 g/mol. The zero-order valence-corrected chi connectivity index (χ0v) is 12.2. The second-order valence-corrected chi connectivity index (χ2v) is 4.91. The van der Waals surface area contributed by atoms with E-state index in [1.54, 1.807) is 18.2 Å². The van der Waals surface area contributed by atoms with Crippen molar-refractivity contribution in [1.29, 1.82) is 0 Å². The normalized spacial score (nSPS) is 9.75. The Kier molecular flexibility index (Phi) is 5.31. The van der Waals surface area contributed by atoms with Crippen molar-refractivity contribution in [1.82, 2.24) is 0 Å². The molecule has 0 aliphatic rings. The van der Waals surface area contributed by atoms with Gasteiger partial charge in [-0.05, 0) is 35.9 Å². The summed E-state index contributed by atoms with van der Waals surface area (Å²) in [4.78, 5) is 0. The monoisotopic (exact) mass is 305 g/mol. The average molecular weight is 306 g/mol. The average Bonchev–Trinajstić information content (AvgIpc) is 2.45. The summed E-state index contributed by atoms with van der Waals surface area (Å²) in [7, 11) is 0. The Hall–Kier alpha value is -1.66. The fourth-order valence-electron chi connectivity index (χ4n) is 1.59. The molecule has 0 unspecified atom stereocenters. The molecule has 0 saturated carbocycles. The summed E-state index contributed by atoms with van der Waals surface area (Å²) in [6.07, 6.45) is 0. The van der Waals surface area contributed by atoms with Gasteiger partial charge in [0.05, 0.1) is 11.6 Å². The first-order valence-corrected chi connectivity index (χ1v) is 6.80. The minimum absolute atomic E-state index is 0.361. The molecule has 2 rings (SSSR count). The SMILES string of the molecule is NCC#Cc1ccc(COc2ccc(Cl)cc2Cl)cc1. The highest BCUT2D eigenvalue weighted by Crippen LogP contribution is 2.28. The molecule has 0 bridgehead atoms. The van der Waals surface area contributed by atoms with Gasteiger partial charge in [0.1, 0.15) is 12.4 Å². The maximum Gasteiger partial charge on any atom is 0.138 e. The van der Waals surface area contributed by atoms with Gasteiger partial charge in [-0.15, -0.1) is 0 Å². The number of rotatable bonds is 3. The Bertz CT molecular complexity index is 642. The van der Waals surface area contributed by atoms with Gasteiger partial charge in [0.2, 0.25) is 0 Å². The van der Waals surface area contributed by atoms with Crippen LogP contribution in [0.4, 0.5) is 0 Å². The standard InChI is InChI=1S/C16H13Cl2NO/c17-14-7-8-16(15(18)10-14)20-11-13-5-3-12(4-6-13)2-1-9-19/h3-8,10H,9,11,19H2. The Labute approximate surface area is 128 Å². The maximum atomic E-state index is 6.04. The summed E-state index contributed by atoms with van der Waals surface area (Å²) in [5.41, 5.74) is 7.30. The fourth-order valence-corrected chi connectivity index (χ4v) is 2.05. The molecule has 2 aromatic carbocycles. The third-order valence-electron chi connectivity index (χ3n) is 2.58. The van der Waals surface area contributed by atoms with Crippen LogP contribution in [0.5, 0.6) is 5.75 Å². The molecule has 102 valence electrons. The lowest BCUT2D eigenvalue weighted by molar-refractivity contribution is 0.306. The third-order valence-corrected chi connectivity index (χ3v) is 3.11. The Morgan fingerprint density at radius 1 is 1.05 bits per heavy atom. The Morgan fingerprint density at radius 2 is 1.80 bits per heavy atom. The van der Waals surface area contributed by atoms with E-state index >= 15 is 0 Å². The van der Waals surface area contributed by atoms with Crippen molar-refractivity contribution in [2.45, 2.75) is 6.61 Å². The van der Waals surface area contributed by atoms with Crippen LogP contribution >= 0.6 is 23.2 Å². The van der Waals surface area contributed by atoms with Crippen molar-refractivity contribution in [3.8, 4) is 17.6 Å². The minimum atomic E-state index is 0.361. The van der Waals surface area contributed by atoms with Gasteiger partial charge >= 0.3 is 0 Å². The van der Waals surface area contributed by atoms with Crippen LogP contribution in [0.1, 0.15) is 11.1 Å². The van der Waals surface area contributed by atoms with E-state index in [-0.39, 0.29) is 0 Å². The molecule has 0 aromatic heterocycles. The second-order valence-electron chi connectivity index (χ2n) is 4.07. The van der Waals surface area contributed by atoms with E-state index in [1.807, 2.05) is 24.3 Å². The smallest absolute Gasteiger partial charge is 0.138 e. The molecule has 0 spiro atoms. The molecular formula is C16H13Cl2NO. The molecule has 4 heteroatoms. The van der Waals surface area contributed by atoms with E-state index in [4.69, 9.17) is 33.7 Å². The third kappa shape index (κ3) is 4.18. The minimum Gasteiger partial charge on any atom is -0.487 e. The summed E-state index contributed by atoms with van der Waals surface area (Å²) in [6.45, 7) is 0.797. The lowest BCUT2D eigenvalue weighted by Crippen LogP contribution is -1.96. The van der Waals surface area contributed by atoms with Gasteiger partial charge in [0.15, 0.2) is 0 Å². The first-order chi connectivity index (χ1) is 9.69. The van der Waals surface area contributed by atoms with Crippen LogP contribution in [-0.4, -0.2) is 6.54 Å². The summed E-state index contributed by atoms with van der Waals surface area (Å²) in [6, 6.07) is 13.0. The molecule has 0 aliphatic carbocycles. The van der Waals surface area contributed by atoms with Gasteiger partial charge in [0, 0.05) is 10.6 Å².